The van der Waals surface area contributed by atoms with Crippen molar-refractivity contribution in [2.75, 3.05) is 0 Å². The van der Waals surface area contributed by atoms with Gasteiger partial charge in [0, 0.05) is 0 Å². The molecule has 3 unspecified atom stereocenters. The summed E-state index contributed by atoms with van der Waals surface area (Å²) in [6.45, 7) is 4.09. The molecule has 0 saturated heterocycles. The van der Waals surface area contributed by atoms with Crippen LogP contribution in [0, 0.1) is 5.92 Å². The first kappa shape index (κ1) is 14.1. The maximum absolute atomic E-state index is 12.2. The van der Waals surface area contributed by atoms with Crippen LogP contribution in [-0.4, -0.2) is 11.9 Å². The first-order chi connectivity index (χ1) is 9.13. The SMILES string of the molecule is CCC(C)C(N)C(=O)NC1CCCc2ccccc21. The van der Waals surface area contributed by atoms with Crippen LogP contribution in [-0.2, 0) is 11.2 Å². The van der Waals surface area contributed by atoms with E-state index >= 15 is 0 Å². The number of rotatable bonds is 4. The number of carbonyl (C=O) groups excluding carboxylic acids is 1. The van der Waals surface area contributed by atoms with Gasteiger partial charge in [0.2, 0.25) is 5.91 Å². The van der Waals surface area contributed by atoms with Gasteiger partial charge >= 0.3 is 0 Å². The molecule has 3 nitrogen and oxygen atoms in total. The number of carbonyl (C=O) groups is 1. The van der Waals surface area contributed by atoms with Crippen molar-refractivity contribution in [2.24, 2.45) is 11.7 Å². The zero-order valence-electron chi connectivity index (χ0n) is 11.9. The third-order valence-corrected chi connectivity index (χ3v) is 4.25. The number of hydrogen-bond acceptors (Lipinski definition) is 2. The van der Waals surface area contributed by atoms with E-state index in [-0.39, 0.29) is 17.9 Å². The summed E-state index contributed by atoms with van der Waals surface area (Å²) in [5, 5.41) is 3.13. The van der Waals surface area contributed by atoms with Crippen LogP contribution in [0.1, 0.15) is 50.3 Å². The van der Waals surface area contributed by atoms with Crippen molar-refractivity contribution in [2.45, 2.75) is 51.6 Å². The summed E-state index contributed by atoms with van der Waals surface area (Å²) in [7, 11) is 0. The number of aryl methyl sites for hydroxylation is 1. The van der Waals surface area contributed by atoms with Gasteiger partial charge in [0.15, 0.2) is 0 Å². The Morgan fingerprint density at radius 2 is 2.21 bits per heavy atom. The van der Waals surface area contributed by atoms with E-state index in [4.69, 9.17) is 5.73 Å². The third kappa shape index (κ3) is 3.16. The fourth-order valence-electron chi connectivity index (χ4n) is 2.68. The van der Waals surface area contributed by atoms with E-state index in [2.05, 4.69) is 30.4 Å². The molecule has 1 aromatic carbocycles. The predicted molar refractivity (Wildman–Crippen MR) is 77.7 cm³/mol. The zero-order valence-corrected chi connectivity index (χ0v) is 11.9. The van der Waals surface area contributed by atoms with Gasteiger partial charge in [-0.05, 0) is 36.3 Å². The minimum atomic E-state index is -0.404. The first-order valence-electron chi connectivity index (χ1n) is 7.27. The van der Waals surface area contributed by atoms with Crippen LogP contribution in [0.15, 0.2) is 24.3 Å². The smallest absolute Gasteiger partial charge is 0.237 e. The molecule has 3 atom stereocenters. The molecule has 104 valence electrons. The van der Waals surface area contributed by atoms with E-state index in [1.807, 2.05) is 13.0 Å². The lowest BCUT2D eigenvalue weighted by molar-refractivity contribution is -0.124. The van der Waals surface area contributed by atoms with Gasteiger partial charge in [0.05, 0.1) is 12.1 Å². The zero-order chi connectivity index (χ0) is 13.8. The van der Waals surface area contributed by atoms with E-state index in [0.717, 1.165) is 25.7 Å². The second-order valence-electron chi connectivity index (χ2n) is 5.56. The molecule has 3 N–H and O–H groups in total. The van der Waals surface area contributed by atoms with Gasteiger partial charge in [-0.3, -0.25) is 4.79 Å². The summed E-state index contributed by atoms with van der Waals surface area (Å²) < 4.78 is 0. The summed E-state index contributed by atoms with van der Waals surface area (Å²) in [4.78, 5) is 12.2. The number of hydrogen-bond donors (Lipinski definition) is 2. The number of amides is 1. The molecule has 0 bridgehead atoms. The Kier molecular flexibility index (Phi) is 4.59. The summed E-state index contributed by atoms with van der Waals surface area (Å²) in [6.07, 6.45) is 4.17. The van der Waals surface area contributed by atoms with Crippen LogP contribution in [0.2, 0.25) is 0 Å². The molecular formula is C16H24N2O. The highest BCUT2D eigenvalue weighted by Gasteiger charge is 2.25. The normalized spacial score (nSPS) is 21.3. The fraction of sp³-hybridized carbons (Fsp3) is 0.562. The second-order valence-corrected chi connectivity index (χ2v) is 5.56. The van der Waals surface area contributed by atoms with Crippen molar-refractivity contribution in [3.05, 3.63) is 35.4 Å². The number of fused-ring (bicyclic) bond motifs is 1. The Hall–Kier alpha value is -1.35. The molecular weight excluding hydrogens is 236 g/mol. The Labute approximate surface area is 115 Å². The molecule has 0 radical (unpaired) electrons. The number of nitrogens with two attached hydrogens (primary N) is 1. The van der Waals surface area contributed by atoms with Crippen molar-refractivity contribution < 1.29 is 4.79 Å². The lowest BCUT2D eigenvalue weighted by atomic mass is 9.87. The van der Waals surface area contributed by atoms with Gasteiger partial charge in [-0.25, -0.2) is 0 Å². The molecule has 19 heavy (non-hydrogen) atoms. The topological polar surface area (TPSA) is 55.1 Å². The maximum Gasteiger partial charge on any atom is 0.237 e. The standard InChI is InChI=1S/C16H24N2O/c1-3-11(2)15(17)16(19)18-14-10-6-8-12-7-4-5-9-13(12)14/h4-5,7,9,11,14-15H,3,6,8,10,17H2,1-2H3,(H,18,19). The van der Waals surface area contributed by atoms with E-state index in [0.29, 0.717) is 0 Å². The molecule has 0 fully saturated rings. The summed E-state index contributed by atoms with van der Waals surface area (Å²) in [5.74, 6) is 0.204. The Morgan fingerprint density at radius 3 is 2.95 bits per heavy atom. The highest BCUT2D eigenvalue weighted by atomic mass is 16.2. The average molecular weight is 260 g/mol. The van der Waals surface area contributed by atoms with Crippen molar-refractivity contribution in [3.8, 4) is 0 Å². The van der Waals surface area contributed by atoms with Gasteiger partial charge in [-0.15, -0.1) is 0 Å². The summed E-state index contributed by atoms with van der Waals surface area (Å²) >= 11 is 0. The van der Waals surface area contributed by atoms with E-state index in [1.54, 1.807) is 0 Å². The largest absolute Gasteiger partial charge is 0.348 e. The van der Waals surface area contributed by atoms with Crippen LogP contribution in [0.4, 0.5) is 0 Å². The molecule has 3 heteroatoms. The van der Waals surface area contributed by atoms with Crippen LogP contribution in [0.3, 0.4) is 0 Å². The van der Waals surface area contributed by atoms with Gasteiger partial charge in [0.1, 0.15) is 0 Å². The Morgan fingerprint density at radius 1 is 1.47 bits per heavy atom. The number of nitrogens with one attached hydrogen (secondary N) is 1. The quantitative estimate of drug-likeness (QED) is 0.874. The average Bonchev–Trinajstić information content (AvgIpc) is 2.46. The lowest BCUT2D eigenvalue weighted by Gasteiger charge is -2.28. The molecule has 0 aromatic heterocycles. The molecule has 2 rings (SSSR count). The second kappa shape index (κ2) is 6.20. The van der Waals surface area contributed by atoms with E-state index in [9.17, 15) is 4.79 Å². The molecule has 1 aliphatic carbocycles. The minimum Gasteiger partial charge on any atom is -0.348 e. The lowest BCUT2D eigenvalue weighted by Crippen LogP contribution is -2.46. The van der Waals surface area contributed by atoms with Crippen LogP contribution >= 0.6 is 0 Å². The van der Waals surface area contributed by atoms with Crippen molar-refractivity contribution in [1.82, 2.24) is 5.32 Å². The van der Waals surface area contributed by atoms with E-state index in [1.165, 1.54) is 11.1 Å². The van der Waals surface area contributed by atoms with Gasteiger partial charge in [0.25, 0.3) is 0 Å². The molecule has 0 aliphatic heterocycles. The summed E-state index contributed by atoms with van der Waals surface area (Å²) in [6, 6.07) is 8.11. The monoisotopic (exact) mass is 260 g/mol. The van der Waals surface area contributed by atoms with Crippen molar-refractivity contribution >= 4 is 5.91 Å². The molecule has 1 aromatic rings. The molecule has 1 aliphatic rings. The van der Waals surface area contributed by atoms with E-state index < -0.39 is 6.04 Å². The summed E-state index contributed by atoms with van der Waals surface area (Å²) in [5.41, 5.74) is 8.62. The van der Waals surface area contributed by atoms with Gasteiger partial charge < -0.3 is 11.1 Å². The molecule has 0 heterocycles. The molecule has 0 saturated carbocycles. The van der Waals surface area contributed by atoms with Gasteiger partial charge in [-0.2, -0.15) is 0 Å². The Balaban J connectivity index is 2.06. The molecule has 1 amide bonds. The van der Waals surface area contributed by atoms with Crippen molar-refractivity contribution in [1.29, 1.82) is 0 Å². The molecule has 0 spiro atoms. The third-order valence-electron chi connectivity index (χ3n) is 4.25. The maximum atomic E-state index is 12.2. The highest BCUT2D eigenvalue weighted by Crippen LogP contribution is 2.29. The van der Waals surface area contributed by atoms with Crippen LogP contribution in [0.25, 0.3) is 0 Å². The first-order valence-corrected chi connectivity index (χ1v) is 7.27. The Bertz CT molecular complexity index is 444. The number of benzene rings is 1. The minimum absolute atomic E-state index is 0.0175. The van der Waals surface area contributed by atoms with Crippen LogP contribution < -0.4 is 11.1 Å². The predicted octanol–water partition coefficient (Wildman–Crippen LogP) is 2.55. The fourth-order valence-corrected chi connectivity index (χ4v) is 2.68. The van der Waals surface area contributed by atoms with Crippen LogP contribution in [0.5, 0.6) is 0 Å². The highest BCUT2D eigenvalue weighted by molar-refractivity contribution is 5.82. The van der Waals surface area contributed by atoms with Crippen molar-refractivity contribution in [3.63, 3.8) is 0 Å². The van der Waals surface area contributed by atoms with Gasteiger partial charge in [-0.1, -0.05) is 44.5 Å².